The minimum absolute atomic E-state index is 0.422. The van der Waals surface area contributed by atoms with Crippen molar-refractivity contribution in [1.82, 2.24) is 9.97 Å². The van der Waals surface area contributed by atoms with Crippen LogP contribution in [0, 0.1) is 6.92 Å². The third-order valence-electron chi connectivity index (χ3n) is 3.79. The van der Waals surface area contributed by atoms with Gasteiger partial charge in [-0.1, -0.05) is 38.3 Å². The lowest BCUT2D eigenvalue weighted by Gasteiger charge is -2.21. The van der Waals surface area contributed by atoms with Gasteiger partial charge in [0.2, 0.25) is 0 Å². The molecular formula is C18H26ClN5. The number of nitrogens with one attached hydrogen (secondary N) is 2. The van der Waals surface area contributed by atoms with Crippen LogP contribution < -0.4 is 16.4 Å². The van der Waals surface area contributed by atoms with Crippen molar-refractivity contribution in [1.29, 1.82) is 0 Å². The summed E-state index contributed by atoms with van der Waals surface area (Å²) in [6, 6.07) is 6.00. The number of pyridine rings is 2. The molecule has 0 bridgehead atoms. The number of rotatable bonds is 8. The fourth-order valence-electron chi connectivity index (χ4n) is 2.67. The molecule has 6 heteroatoms. The standard InChI is InChI=1S/C18H26ClN5/c1-4-6-14(7-5-2)23-15-10-12(3)22-18(17(15)20)24-16-9-8-13(19)11-21-16/h8-11,14H,4-7,20H2,1-3H3,(H2,21,22,23,24). The molecule has 0 spiro atoms. The molecule has 0 aliphatic rings. The number of nitrogen functional groups attached to an aromatic ring is 1. The van der Waals surface area contributed by atoms with E-state index in [9.17, 15) is 0 Å². The molecule has 0 saturated carbocycles. The van der Waals surface area contributed by atoms with E-state index in [-0.39, 0.29) is 0 Å². The molecule has 130 valence electrons. The van der Waals surface area contributed by atoms with Crippen molar-refractivity contribution in [2.75, 3.05) is 16.4 Å². The Morgan fingerprint density at radius 1 is 1.21 bits per heavy atom. The molecule has 2 aromatic rings. The van der Waals surface area contributed by atoms with E-state index in [2.05, 4.69) is 34.4 Å². The third kappa shape index (κ3) is 4.99. The van der Waals surface area contributed by atoms with Gasteiger partial charge in [0.05, 0.1) is 16.4 Å². The van der Waals surface area contributed by atoms with Crippen molar-refractivity contribution in [3.63, 3.8) is 0 Å². The first-order chi connectivity index (χ1) is 11.5. The molecule has 5 nitrogen and oxygen atoms in total. The smallest absolute Gasteiger partial charge is 0.157 e. The molecule has 0 atom stereocenters. The second-order valence-corrected chi connectivity index (χ2v) is 6.42. The number of nitrogens with two attached hydrogens (primary N) is 1. The highest BCUT2D eigenvalue weighted by Crippen LogP contribution is 2.30. The van der Waals surface area contributed by atoms with Crippen LogP contribution in [0.25, 0.3) is 0 Å². The molecule has 0 aromatic carbocycles. The van der Waals surface area contributed by atoms with Gasteiger partial charge in [0.15, 0.2) is 5.82 Å². The van der Waals surface area contributed by atoms with Crippen LogP contribution in [0.3, 0.4) is 0 Å². The lowest BCUT2D eigenvalue weighted by atomic mass is 10.1. The zero-order valence-corrected chi connectivity index (χ0v) is 15.3. The maximum atomic E-state index is 6.33. The summed E-state index contributed by atoms with van der Waals surface area (Å²) in [5.41, 5.74) is 8.76. The average molecular weight is 348 g/mol. The number of hydrogen-bond donors (Lipinski definition) is 3. The van der Waals surface area contributed by atoms with Crippen LogP contribution in [-0.2, 0) is 0 Å². The van der Waals surface area contributed by atoms with E-state index in [0.29, 0.717) is 28.4 Å². The number of halogens is 1. The van der Waals surface area contributed by atoms with Gasteiger partial charge >= 0.3 is 0 Å². The second-order valence-electron chi connectivity index (χ2n) is 5.98. The Labute approximate surface area is 149 Å². The molecule has 0 saturated heterocycles. The number of aryl methyl sites for hydroxylation is 1. The Kier molecular flexibility index (Phi) is 6.67. The molecule has 2 rings (SSSR count). The van der Waals surface area contributed by atoms with E-state index in [1.165, 1.54) is 0 Å². The van der Waals surface area contributed by atoms with Crippen LogP contribution in [0.4, 0.5) is 23.0 Å². The minimum atomic E-state index is 0.422. The monoisotopic (exact) mass is 347 g/mol. The second kappa shape index (κ2) is 8.73. The number of nitrogens with zero attached hydrogens (tertiary/aromatic N) is 2. The summed E-state index contributed by atoms with van der Waals surface area (Å²) in [7, 11) is 0. The molecule has 0 aliphatic carbocycles. The van der Waals surface area contributed by atoms with Crippen molar-refractivity contribution in [2.24, 2.45) is 0 Å². The quantitative estimate of drug-likeness (QED) is 0.616. The van der Waals surface area contributed by atoms with Gasteiger partial charge in [-0.15, -0.1) is 0 Å². The van der Waals surface area contributed by atoms with Crippen molar-refractivity contribution < 1.29 is 0 Å². The topological polar surface area (TPSA) is 75.9 Å². The van der Waals surface area contributed by atoms with Gasteiger partial charge in [-0.05, 0) is 38.0 Å². The number of aromatic nitrogens is 2. The Bertz CT molecular complexity index is 651. The molecule has 0 aliphatic heterocycles. The maximum absolute atomic E-state index is 6.33. The Morgan fingerprint density at radius 2 is 1.92 bits per heavy atom. The van der Waals surface area contributed by atoms with E-state index in [0.717, 1.165) is 37.1 Å². The van der Waals surface area contributed by atoms with Crippen LogP contribution >= 0.6 is 11.6 Å². The minimum Gasteiger partial charge on any atom is -0.394 e. The molecule has 24 heavy (non-hydrogen) atoms. The van der Waals surface area contributed by atoms with Gasteiger partial charge in [-0.25, -0.2) is 9.97 Å². The summed E-state index contributed by atoms with van der Waals surface area (Å²) in [6.07, 6.45) is 6.11. The predicted molar refractivity (Wildman–Crippen MR) is 103 cm³/mol. The highest BCUT2D eigenvalue weighted by Gasteiger charge is 2.13. The van der Waals surface area contributed by atoms with Gasteiger partial charge in [-0.3, -0.25) is 0 Å². The largest absolute Gasteiger partial charge is 0.394 e. The van der Waals surface area contributed by atoms with Crippen molar-refractivity contribution in [3.05, 3.63) is 35.1 Å². The maximum Gasteiger partial charge on any atom is 0.157 e. The first-order valence-corrected chi connectivity index (χ1v) is 8.83. The van der Waals surface area contributed by atoms with Gasteiger partial charge in [0.1, 0.15) is 5.82 Å². The highest BCUT2D eigenvalue weighted by atomic mass is 35.5. The predicted octanol–water partition coefficient (Wildman–Crippen LogP) is 5.14. The molecule has 0 radical (unpaired) electrons. The highest BCUT2D eigenvalue weighted by molar-refractivity contribution is 6.30. The zero-order chi connectivity index (χ0) is 17.5. The van der Waals surface area contributed by atoms with E-state index in [4.69, 9.17) is 17.3 Å². The van der Waals surface area contributed by atoms with E-state index >= 15 is 0 Å². The van der Waals surface area contributed by atoms with Crippen LogP contribution in [-0.4, -0.2) is 16.0 Å². The Morgan fingerprint density at radius 3 is 2.50 bits per heavy atom. The Balaban J connectivity index is 2.23. The van der Waals surface area contributed by atoms with E-state index < -0.39 is 0 Å². The van der Waals surface area contributed by atoms with Crippen LogP contribution in [0.15, 0.2) is 24.4 Å². The van der Waals surface area contributed by atoms with Crippen molar-refractivity contribution in [3.8, 4) is 0 Å². The average Bonchev–Trinajstić information content (AvgIpc) is 2.54. The fourth-order valence-corrected chi connectivity index (χ4v) is 2.79. The van der Waals surface area contributed by atoms with Crippen LogP contribution in [0.2, 0.25) is 5.02 Å². The van der Waals surface area contributed by atoms with Gasteiger partial charge < -0.3 is 16.4 Å². The molecule has 0 unspecified atom stereocenters. The molecular weight excluding hydrogens is 322 g/mol. The van der Waals surface area contributed by atoms with Gasteiger partial charge in [0.25, 0.3) is 0 Å². The first kappa shape index (κ1) is 18.3. The lowest BCUT2D eigenvalue weighted by Crippen LogP contribution is -2.20. The summed E-state index contributed by atoms with van der Waals surface area (Å²) in [4.78, 5) is 8.74. The normalized spacial score (nSPS) is 10.9. The fraction of sp³-hybridized carbons (Fsp3) is 0.444. The summed E-state index contributed by atoms with van der Waals surface area (Å²) >= 11 is 5.87. The molecule has 0 fully saturated rings. The molecule has 2 aromatic heterocycles. The van der Waals surface area contributed by atoms with E-state index in [1.54, 1.807) is 18.3 Å². The van der Waals surface area contributed by atoms with Crippen molar-refractivity contribution in [2.45, 2.75) is 52.5 Å². The van der Waals surface area contributed by atoms with Crippen LogP contribution in [0.1, 0.15) is 45.2 Å². The zero-order valence-electron chi connectivity index (χ0n) is 14.6. The summed E-state index contributed by atoms with van der Waals surface area (Å²) in [5, 5.41) is 7.34. The van der Waals surface area contributed by atoms with Crippen molar-refractivity contribution >= 4 is 34.6 Å². The molecule has 2 heterocycles. The molecule has 4 N–H and O–H groups in total. The Hall–Kier alpha value is -2.01. The first-order valence-electron chi connectivity index (χ1n) is 8.45. The summed E-state index contributed by atoms with van der Waals surface area (Å²) in [5.74, 6) is 1.27. The number of anilines is 4. The lowest BCUT2D eigenvalue weighted by molar-refractivity contribution is 0.586. The third-order valence-corrected chi connectivity index (χ3v) is 4.02. The summed E-state index contributed by atoms with van der Waals surface area (Å²) < 4.78 is 0. The SMILES string of the molecule is CCCC(CCC)Nc1cc(C)nc(Nc2ccc(Cl)cn2)c1N. The van der Waals surface area contributed by atoms with E-state index in [1.807, 2.05) is 13.0 Å². The molecule has 0 amide bonds. The van der Waals surface area contributed by atoms with Gasteiger partial charge in [-0.2, -0.15) is 0 Å². The number of hydrogen-bond acceptors (Lipinski definition) is 5. The van der Waals surface area contributed by atoms with Gasteiger partial charge in [0, 0.05) is 17.9 Å². The van der Waals surface area contributed by atoms with Crippen LogP contribution in [0.5, 0.6) is 0 Å². The summed E-state index contributed by atoms with van der Waals surface area (Å²) in [6.45, 7) is 6.36.